The molecule has 0 heterocycles. The fraction of sp³-hybridized carbons (Fsp3) is 0.238. The molecule has 0 aliphatic carbocycles. The van der Waals surface area contributed by atoms with Crippen LogP contribution in [-0.4, -0.2) is 63.5 Å². The van der Waals surface area contributed by atoms with Gasteiger partial charge in [-0.1, -0.05) is 97.1 Å². The van der Waals surface area contributed by atoms with Crippen LogP contribution in [0.1, 0.15) is 37.2 Å². The molecule has 266 valence electrons. The van der Waals surface area contributed by atoms with E-state index in [4.69, 9.17) is 28.4 Å². The van der Waals surface area contributed by atoms with Gasteiger partial charge in [-0.25, -0.2) is 19.2 Å². The molecule has 0 unspecified atom stereocenters. The molecule has 6 aromatic carbocycles. The van der Waals surface area contributed by atoms with Gasteiger partial charge in [0.2, 0.25) is 12.2 Å². The highest BCUT2D eigenvalue weighted by atomic mass is 16.7. The normalized spacial score (nSPS) is 13.7. The molecule has 0 saturated carbocycles. The minimum Gasteiger partial charge on any atom is -0.463 e. The molecule has 52 heavy (non-hydrogen) atoms. The van der Waals surface area contributed by atoms with E-state index in [1.165, 1.54) is 14.2 Å². The van der Waals surface area contributed by atoms with Crippen molar-refractivity contribution in [3.63, 3.8) is 0 Å². The number of esters is 4. The van der Waals surface area contributed by atoms with Gasteiger partial charge in [-0.3, -0.25) is 0 Å². The van der Waals surface area contributed by atoms with E-state index in [9.17, 15) is 19.2 Å². The van der Waals surface area contributed by atoms with Gasteiger partial charge in [0.05, 0.1) is 13.2 Å². The number of carbonyl (C=O) groups excluding carboxylic acids is 4. The first kappa shape index (κ1) is 36.0. The number of hydrogen-bond acceptors (Lipinski definition) is 10. The molecular weight excluding hydrogens is 664 g/mol. The van der Waals surface area contributed by atoms with E-state index >= 15 is 0 Å². The molecule has 0 aromatic heterocycles. The highest BCUT2D eigenvalue weighted by Crippen LogP contribution is 2.37. The lowest BCUT2D eigenvalue weighted by molar-refractivity contribution is -0.198. The summed E-state index contributed by atoms with van der Waals surface area (Å²) < 4.78 is 33.6. The first-order chi connectivity index (χ1) is 25.3. The SMILES string of the molecule is CCOC(=O)[C@@H](OC(=O)[C@H](OC)c1c2ccccc2cc2ccccc12)[C@H](OC(=O)[C@H](OC)c1c2ccccc2cc2ccccc12)C(=O)OCC. The third-order valence-corrected chi connectivity index (χ3v) is 8.85. The molecule has 0 bridgehead atoms. The number of ether oxygens (including phenoxy) is 6. The fourth-order valence-corrected chi connectivity index (χ4v) is 6.62. The summed E-state index contributed by atoms with van der Waals surface area (Å²) >= 11 is 0. The van der Waals surface area contributed by atoms with Crippen LogP contribution in [0.4, 0.5) is 0 Å². The van der Waals surface area contributed by atoms with Gasteiger partial charge < -0.3 is 28.4 Å². The molecule has 0 spiro atoms. The number of fused-ring (bicyclic) bond motifs is 4. The molecule has 0 N–H and O–H groups in total. The topological polar surface area (TPSA) is 124 Å². The molecule has 4 atom stereocenters. The Morgan fingerprint density at radius 3 is 1.02 bits per heavy atom. The summed E-state index contributed by atoms with van der Waals surface area (Å²) in [5, 5.41) is 6.26. The molecule has 6 aromatic rings. The maximum Gasteiger partial charge on any atom is 0.352 e. The molecule has 0 radical (unpaired) electrons. The third-order valence-electron chi connectivity index (χ3n) is 8.85. The summed E-state index contributed by atoms with van der Waals surface area (Å²) in [5.74, 6) is -4.28. The Balaban J connectivity index is 1.40. The Hall–Kier alpha value is -5.84. The van der Waals surface area contributed by atoms with E-state index in [2.05, 4.69) is 0 Å². The number of methoxy groups -OCH3 is 2. The van der Waals surface area contributed by atoms with Crippen molar-refractivity contribution in [3.05, 3.63) is 120 Å². The average molecular weight is 703 g/mol. The van der Waals surface area contributed by atoms with Gasteiger partial charge in [0.1, 0.15) is 0 Å². The van der Waals surface area contributed by atoms with Crippen LogP contribution in [0.3, 0.4) is 0 Å². The monoisotopic (exact) mass is 702 g/mol. The molecule has 0 aliphatic rings. The molecule has 0 amide bonds. The Labute approximate surface area is 300 Å². The number of hydrogen-bond donors (Lipinski definition) is 0. The molecule has 6 rings (SSSR count). The van der Waals surface area contributed by atoms with Gasteiger partial charge in [-0.2, -0.15) is 0 Å². The molecule has 0 fully saturated rings. The molecule has 10 heteroatoms. The number of rotatable bonds is 13. The van der Waals surface area contributed by atoms with Crippen molar-refractivity contribution in [2.24, 2.45) is 0 Å². The van der Waals surface area contributed by atoms with Crippen LogP contribution in [0.5, 0.6) is 0 Å². The van der Waals surface area contributed by atoms with Crippen molar-refractivity contribution in [1.82, 2.24) is 0 Å². The Kier molecular flexibility index (Phi) is 11.1. The summed E-state index contributed by atoms with van der Waals surface area (Å²) in [5.41, 5.74) is 0.992. The highest BCUT2D eigenvalue weighted by Gasteiger charge is 2.45. The van der Waals surface area contributed by atoms with Crippen molar-refractivity contribution < 1.29 is 47.6 Å². The lowest BCUT2D eigenvalue weighted by Crippen LogP contribution is -2.48. The lowest BCUT2D eigenvalue weighted by Gasteiger charge is -2.27. The lowest BCUT2D eigenvalue weighted by atomic mass is 9.93. The molecule has 10 nitrogen and oxygen atoms in total. The standard InChI is InChI=1S/C42H38O10/c1-5-49-39(43)37(51-41(45)35(47-3)33-29-19-11-7-15-25(29)23-26-16-8-12-20-30(26)33)38(40(44)50-6-2)52-42(46)36(48-4)34-31-21-13-9-17-27(31)24-28-18-10-14-22-32(28)34/h7-24,35-38H,5-6H2,1-4H3/t35-,36-,37+,38+/m1/s1. The van der Waals surface area contributed by atoms with Crippen molar-refractivity contribution in [2.45, 2.75) is 38.3 Å². The fourth-order valence-electron chi connectivity index (χ4n) is 6.62. The Morgan fingerprint density at radius 1 is 0.462 bits per heavy atom. The maximum atomic E-state index is 14.2. The summed E-state index contributed by atoms with van der Waals surface area (Å²) in [4.78, 5) is 55.5. The van der Waals surface area contributed by atoms with Crippen LogP contribution in [-0.2, 0) is 47.6 Å². The molecule has 0 aliphatic heterocycles. The van der Waals surface area contributed by atoms with Crippen molar-refractivity contribution in [2.75, 3.05) is 27.4 Å². The third kappa shape index (κ3) is 7.03. The summed E-state index contributed by atoms with van der Waals surface area (Å²) in [7, 11) is 2.67. The van der Waals surface area contributed by atoms with E-state index in [-0.39, 0.29) is 13.2 Å². The van der Waals surface area contributed by atoms with E-state index in [1.54, 1.807) is 13.8 Å². The number of benzene rings is 6. The van der Waals surface area contributed by atoms with Crippen LogP contribution in [0.25, 0.3) is 43.1 Å². The summed E-state index contributed by atoms with van der Waals surface area (Å²) in [6, 6.07) is 33.9. The van der Waals surface area contributed by atoms with Crippen molar-refractivity contribution in [3.8, 4) is 0 Å². The van der Waals surface area contributed by atoms with Crippen LogP contribution in [0, 0.1) is 0 Å². The second-order valence-corrected chi connectivity index (χ2v) is 11.9. The number of carbonyl (C=O) groups is 4. The first-order valence-corrected chi connectivity index (χ1v) is 16.9. The molecular formula is C42H38O10. The zero-order valence-electron chi connectivity index (χ0n) is 29.2. The van der Waals surface area contributed by atoms with Crippen LogP contribution in [0.15, 0.2) is 109 Å². The zero-order valence-corrected chi connectivity index (χ0v) is 29.2. The quantitative estimate of drug-likeness (QED) is 0.0687. The highest BCUT2D eigenvalue weighted by molar-refractivity contribution is 6.06. The van der Waals surface area contributed by atoms with Gasteiger partial charge >= 0.3 is 23.9 Å². The van der Waals surface area contributed by atoms with E-state index in [0.29, 0.717) is 11.1 Å². The minimum absolute atomic E-state index is 0.124. The van der Waals surface area contributed by atoms with Crippen LogP contribution in [0.2, 0.25) is 0 Å². The largest absolute Gasteiger partial charge is 0.463 e. The Morgan fingerprint density at radius 2 is 0.750 bits per heavy atom. The van der Waals surface area contributed by atoms with Crippen molar-refractivity contribution >= 4 is 67.0 Å². The Bertz CT molecular complexity index is 2010. The summed E-state index contributed by atoms with van der Waals surface area (Å²) in [6.07, 6.45) is -6.84. The average Bonchev–Trinajstić information content (AvgIpc) is 3.16. The van der Waals surface area contributed by atoms with Gasteiger partial charge in [-0.15, -0.1) is 0 Å². The molecule has 0 saturated heterocycles. The van der Waals surface area contributed by atoms with Gasteiger partial charge in [-0.05, 0) is 69.1 Å². The van der Waals surface area contributed by atoms with Gasteiger partial charge in [0.15, 0.2) is 12.2 Å². The predicted octanol–water partition coefficient (Wildman–Crippen LogP) is 7.32. The zero-order chi connectivity index (χ0) is 36.8. The van der Waals surface area contributed by atoms with E-state index < -0.39 is 48.3 Å². The summed E-state index contributed by atoms with van der Waals surface area (Å²) in [6.45, 7) is 2.85. The van der Waals surface area contributed by atoms with E-state index in [1.807, 2.05) is 109 Å². The van der Waals surface area contributed by atoms with Crippen LogP contribution >= 0.6 is 0 Å². The smallest absolute Gasteiger partial charge is 0.352 e. The van der Waals surface area contributed by atoms with Crippen LogP contribution < -0.4 is 0 Å². The van der Waals surface area contributed by atoms with Crippen molar-refractivity contribution in [1.29, 1.82) is 0 Å². The predicted molar refractivity (Wildman–Crippen MR) is 195 cm³/mol. The van der Waals surface area contributed by atoms with Gasteiger partial charge in [0.25, 0.3) is 0 Å². The first-order valence-electron chi connectivity index (χ1n) is 16.9. The second kappa shape index (κ2) is 16.0. The van der Waals surface area contributed by atoms with E-state index in [0.717, 1.165) is 43.1 Å². The maximum absolute atomic E-state index is 14.2. The van der Waals surface area contributed by atoms with Gasteiger partial charge in [0, 0.05) is 25.3 Å². The second-order valence-electron chi connectivity index (χ2n) is 11.9. The minimum atomic E-state index is -2.06.